The summed E-state index contributed by atoms with van der Waals surface area (Å²) < 4.78 is 0. The molecule has 0 aromatic carbocycles. The normalized spacial score (nSPS) is 8.24. The molecular formula is C10H20N2O4Sn. The molecule has 0 aromatic heterocycles. The van der Waals surface area contributed by atoms with Crippen LogP contribution in [0.2, 0.25) is 0 Å². The minimum atomic E-state index is -1.09. The van der Waals surface area contributed by atoms with Crippen molar-refractivity contribution in [2.45, 2.75) is 27.7 Å². The van der Waals surface area contributed by atoms with Crippen LogP contribution in [0.4, 0.5) is 9.59 Å². The molecule has 0 saturated heterocycles. The fourth-order valence-electron chi connectivity index (χ4n) is 0.964. The van der Waals surface area contributed by atoms with Crippen molar-refractivity contribution >= 4 is 36.1 Å². The fourth-order valence-corrected chi connectivity index (χ4v) is 0.964. The van der Waals surface area contributed by atoms with Gasteiger partial charge in [0.05, 0.1) is 0 Å². The summed E-state index contributed by atoms with van der Waals surface area (Å²) >= 11 is 0. The Morgan fingerprint density at radius 2 is 0.941 bits per heavy atom. The molecule has 0 aliphatic rings. The number of amides is 2. The smallest absolute Gasteiger partial charge is 0.530 e. The third-order valence-electron chi connectivity index (χ3n) is 2.04. The maximum atomic E-state index is 9.98. The zero-order chi connectivity index (χ0) is 13.1. The van der Waals surface area contributed by atoms with E-state index in [1.165, 1.54) is 9.80 Å². The summed E-state index contributed by atoms with van der Waals surface area (Å²) in [5.74, 6) is 0. The fraction of sp³-hybridized carbons (Fsp3) is 0.800. The van der Waals surface area contributed by atoms with Crippen LogP contribution in [0.3, 0.4) is 0 Å². The molecular weight excluding hydrogens is 331 g/mol. The molecule has 0 fully saturated rings. The van der Waals surface area contributed by atoms with Crippen molar-refractivity contribution in [2.75, 3.05) is 26.2 Å². The van der Waals surface area contributed by atoms with Gasteiger partial charge in [-0.15, -0.1) is 0 Å². The van der Waals surface area contributed by atoms with Gasteiger partial charge in [0.1, 0.15) is 12.2 Å². The van der Waals surface area contributed by atoms with E-state index in [1.807, 2.05) is 0 Å². The Morgan fingerprint density at radius 1 is 0.765 bits per heavy atom. The molecule has 0 aliphatic heterocycles. The van der Waals surface area contributed by atoms with Gasteiger partial charge in [-0.3, -0.25) is 0 Å². The molecule has 98 valence electrons. The summed E-state index contributed by atoms with van der Waals surface area (Å²) in [4.78, 5) is 22.4. The molecule has 0 aromatic rings. The maximum Gasteiger partial charge on any atom is 2.00 e. The number of rotatable bonds is 4. The molecule has 0 atom stereocenters. The molecule has 0 N–H and O–H groups in total. The molecule has 6 nitrogen and oxygen atoms in total. The summed E-state index contributed by atoms with van der Waals surface area (Å²) in [6.07, 6.45) is -2.18. The van der Waals surface area contributed by atoms with Crippen LogP contribution in [0.25, 0.3) is 0 Å². The minimum absolute atomic E-state index is 0. The van der Waals surface area contributed by atoms with Crippen molar-refractivity contribution in [2.24, 2.45) is 0 Å². The van der Waals surface area contributed by atoms with Crippen molar-refractivity contribution in [1.82, 2.24) is 9.80 Å². The number of nitrogens with zero attached hydrogens (tertiary/aromatic N) is 2. The van der Waals surface area contributed by atoms with Crippen molar-refractivity contribution < 1.29 is 19.8 Å². The van der Waals surface area contributed by atoms with E-state index in [9.17, 15) is 19.8 Å². The van der Waals surface area contributed by atoms with Gasteiger partial charge in [-0.25, -0.2) is 0 Å². The number of carbonyl (C=O) groups excluding carboxylic acids is 2. The molecule has 2 amide bonds. The number of hydrogen-bond donors (Lipinski definition) is 0. The Morgan fingerprint density at radius 3 is 0.941 bits per heavy atom. The van der Waals surface area contributed by atoms with E-state index < -0.39 is 12.2 Å². The molecule has 0 heterocycles. The van der Waals surface area contributed by atoms with Gasteiger partial charge in [0.25, 0.3) is 0 Å². The van der Waals surface area contributed by atoms with Crippen LogP contribution in [0, 0.1) is 0 Å². The Labute approximate surface area is 120 Å². The Balaban J connectivity index is -0.000000218. The van der Waals surface area contributed by atoms with Crippen molar-refractivity contribution in [3.05, 3.63) is 0 Å². The summed E-state index contributed by atoms with van der Waals surface area (Å²) in [6, 6.07) is 0. The third-order valence-corrected chi connectivity index (χ3v) is 2.04. The number of hydrogen-bond acceptors (Lipinski definition) is 4. The van der Waals surface area contributed by atoms with Gasteiger partial charge in [0.15, 0.2) is 0 Å². The second-order valence-corrected chi connectivity index (χ2v) is 2.88. The summed E-state index contributed by atoms with van der Waals surface area (Å²) in [5.41, 5.74) is 0. The van der Waals surface area contributed by atoms with Gasteiger partial charge < -0.3 is 29.6 Å². The minimum Gasteiger partial charge on any atom is -0.530 e. The van der Waals surface area contributed by atoms with Gasteiger partial charge in [-0.05, 0) is 27.7 Å². The average Bonchev–Trinajstić information content (AvgIpc) is 2.21. The summed E-state index contributed by atoms with van der Waals surface area (Å²) in [6.45, 7) is 9.16. The number of carboxylic acid groups (broad SMARTS) is 2. The largest absolute Gasteiger partial charge is 2.00 e. The van der Waals surface area contributed by atoms with Crippen molar-refractivity contribution in [1.29, 1.82) is 0 Å². The quantitative estimate of drug-likeness (QED) is 0.606. The second kappa shape index (κ2) is 13.4. The third kappa shape index (κ3) is 11.6. The van der Waals surface area contributed by atoms with Crippen LogP contribution in [-0.2, 0) is 0 Å². The van der Waals surface area contributed by atoms with Crippen LogP contribution >= 0.6 is 0 Å². The molecule has 0 bridgehead atoms. The van der Waals surface area contributed by atoms with E-state index in [0.717, 1.165) is 0 Å². The first-order chi connectivity index (χ1) is 7.44. The second-order valence-electron chi connectivity index (χ2n) is 2.88. The monoisotopic (exact) mass is 352 g/mol. The molecule has 0 rings (SSSR count). The predicted molar refractivity (Wildman–Crippen MR) is 62.4 cm³/mol. The SMILES string of the molecule is CCN(CC)C(=O)[O-].CCN(CC)C(=O)[O-].[Sn+2]. The van der Waals surface area contributed by atoms with Gasteiger partial charge >= 0.3 is 23.9 Å². The van der Waals surface area contributed by atoms with E-state index in [-0.39, 0.29) is 23.9 Å². The number of carbonyl (C=O) groups is 2. The first-order valence-electron chi connectivity index (χ1n) is 5.36. The Bertz CT molecular complexity index is 184. The van der Waals surface area contributed by atoms with Gasteiger partial charge in [-0.2, -0.15) is 0 Å². The van der Waals surface area contributed by atoms with Gasteiger partial charge in [-0.1, -0.05) is 0 Å². The van der Waals surface area contributed by atoms with Gasteiger partial charge in [0.2, 0.25) is 0 Å². The van der Waals surface area contributed by atoms with Crippen molar-refractivity contribution in [3.8, 4) is 0 Å². The Hall–Kier alpha value is -0.661. The maximum absolute atomic E-state index is 9.98. The first kappa shape index (κ1) is 21.6. The molecule has 0 spiro atoms. The van der Waals surface area contributed by atoms with E-state index in [2.05, 4.69) is 0 Å². The molecule has 7 heteroatoms. The predicted octanol–water partition coefficient (Wildman–Crippen LogP) is -1.04. The average molecular weight is 351 g/mol. The van der Waals surface area contributed by atoms with E-state index in [0.29, 0.717) is 26.2 Å². The standard InChI is InChI=1S/2C5H11NO2.Sn/c2*1-3-6(4-2)5(7)8;/h2*3-4H2,1-2H3,(H,7,8);/q;;+2/p-2. The van der Waals surface area contributed by atoms with Crippen LogP contribution < -0.4 is 10.2 Å². The van der Waals surface area contributed by atoms with Crippen molar-refractivity contribution in [3.63, 3.8) is 0 Å². The van der Waals surface area contributed by atoms with Crippen LogP contribution in [0.15, 0.2) is 0 Å². The molecule has 17 heavy (non-hydrogen) atoms. The summed E-state index contributed by atoms with van der Waals surface area (Å²) in [7, 11) is 0. The van der Waals surface area contributed by atoms with Crippen LogP contribution in [0.5, 0.6) is 0 Å². The Kier molecular flexibility index (Phi) is 17.0. The van der Waals surface area contributed by atoms with Crippen LogP contribution in [0.1, 0.15) is 27.7 Å². The topological polar surface area (TPSA) is 86.7 Å². The zero-order valence-electron chi connectivity index (χ0n) is 10.9. The van der Waals surface area contributed by atoms with Crippen LogP contribution in [-0.4, -0.2) is 72.1 Å². The molecule has 0 saturated carbocycles. The first-order valence-corrected chi connectivity index (χ1v) is 5.36. The summed E-state index contributed by atoms with van der Waals surface area (Å²) in [5, 5.41) is 20.0. The van der Waals surface area contributed by atoms with E-state index in [4.69, 9.17) is 0 Å². The van der Waals surface area contributed by atoms with Gasteiger partial charge in [0, 0.05) is 26.2 Å². The molecule has 0 aliphatic carbocycles. The molecule has 0 unspecified atom stereocenters. The van der Waals surface area contributed by atoms with E-state index in [1.54, 1.807) is 27.7 Å². The van der Waals surface area contributed by atoms with E-state index >= 15 is 0 Å². The molecule has 2 radical (unpaired) electrons. The zero-order valence-corrected chi connectivity index (χ0v) is 13.7.